The second kappa shape index (κ2) is 14.8. The van der Waals surface area contributed by atoms with Crippen LogP contribution in [0.3, 0.4) is 0 Å². The number of aliphatic hydroxyl groups is 1. The summed E-state index contributed by atoms with van der Waals surface area (Å²) in [5, 5.41) is 17.7. The van der Waals surface area contributed by atoms with E-state index in [2.05, 4.69) is 41.3 Å². The van der Waals surface area contributed by atoms with Gasteiger partial charge in [-0.3, -0.25) is 0 Å². The fraction of sp³-hybridized carbons (Fsp3) is 0.350. The lowest BCUT2D eigenvalue weighted by atomic mass is 10.2. The minimum absolute atomic E-state index is 0. The van der Waals surface area contributed by atoms with Gasteiger partial charge in [-0.1, -0.05) is 34.8 Å². The first kappa shape index (κ1) is 33.8. The van der Waals surface area contributed by atoms with Gasteiger partial charge in [-0.2, -0.15) is 0 Å². The highest BCUT2D eigenvalue weighted by atomic mass is 79.9. The van der Waals surface area contributed by atoms with Gasteiger partial charge in [0.15, 0.2) is 0 Å². The van der Waals surface area contributed by atoms with E-state index in [0.29, 0.717) is 21.1 Å². The normalized spacial score (nSPS) is 10.8. The molecule has 0 saturated carbocycles. The van der Waals surface area contributed by atoms with Crippen LogP contribution in [0.1, 0.15) is 44.6 Å². The van der Waals surface area contributed by atoms with Crippen molar-refractivity contribution in [2.24, 2.45) is 0 Å². The predicted molar refractivity (Wildman–Crippen MR) is 136 cm³/mol. The van der Waals surface area contributed by atoms with Gasteiger partial charge in [-0.25, -0.2) is 31.1 Å². The van der Waals surface area contributed by atoms with E-state index in [0.717, 1.165) is 6.07 Å². The third-order valence-corrected chi connectivity index (χ3v) is 8.68. The molecule has 0 fully saturated rings. The Morgan fingerprint density at radius 3 is 1.67 bits per heavy atom. The average molecular weight is 634 g/mol. The van der Waals surface area contributed by atoms with E-state index in [1.165, 1.54) is 18.2 Å². The van der Waals surface area contributed by atoms with Crippen LogP contribution >= 0.6 is 31.9 Å². The summed E-state index contributed by atoms with van der Waals surface area (Å²) in [6, 6.07) is 8.56. The molecule has 0 heterocycles. The molecule has 0 amide bonds. The van der Waals surface area contributed by atoms with Gasteiger partial charge in [0, 0.05) is 22.0 Å². The van der Waals surface area contributed by atoms with Gasteiger partial charge in [-0.15, -0.1) is 0 Å². The van der Waals surface area contributed by atoms with Crippen molar-refractivity contribution in [3.05, 3.63) is 56.5 Å². The van der Waals surface area contributed by atoms with Crippen LogP contribution in [0, 0.1) is 0 Å². The first-order chi connectivity index (χ1) is 14.4. The quantitative estimate of drug-likeness (QED) is 0.344. The molecule has 13 heteroatoms. The largest absolute Gasteiger partial charge is 0.478 e. The number of rotatable bonds is 8. The van der Waals surface area contributed by atoms with Gasteiger partial charge in [0.1, 0.15) is 0 Å². The van der Waals surface area contributed by atoms with E-state index in [-0.39, 0.29) is 43.4 Å². The van der Waals surface area contributed by atoms with Crippen molar-refractivity contribution < 1.29 is 31.8 Å². The Morgan fingerprint density at radius 1 is 0.848 bits per heavy atom. The maximum absolute atomic E-state index is 11.7. The first-order valence-corrected chi connectivity index (χ1v) is 13.4. The van der Waals surface area contributed by atoms with Crippen LogP contribution in [-0.2, 0) is 26.7 Å². The molecule has 0 bridgehead atoms. The smallest absolute Gasteiger partial charge is 0.335 e. The first-order valence-electron chi connectivity index (χ1n) is 8.81. The Hall–Kier alpha value is -1.35. The SMILES string of the molecule is C.C.CCNS(=O)(=O)c1cc(C(=O)O)ccc1Br.CCNS(=O)(=O)c1cc(CO)ccc1Br. The fourth-order valence-electron chi connectivity index (χ4n) is 2.23. The molecule has 0 atom stereocenters. The summed E-state index contributed by atoms with van der Waals surface area (Å²) in [5.74, 6) is -1.17. The molecule has 2 aromatic carbocycles. The van der Waals surface area contributed by atoms with Gasteiger partial charge in [0.25, 0.3) is 0 Å². The Morgan fingerprint density at radius 2 is 1.27 bits per heavy atom. The predicted octanol–water partition coefficient (Wildman–Crippen LogP) is 3.96. The van der Waals surface area contributed by atoms with Crippen LogP contribution in [0.15, 0.2) is 55.1 Å². The molecule has 33 heavy (non-hydrogen) atoms. The number of halogens is 2. The molecular weight excluding hydrogens is 604 g/mol. The van der Waals surface area contributed by atoms with E-state index in [9.17, 15) is 21.6 Å². The maximum Gasteiger partial charge on any atom is 0.335 e. The third-order valence-electron chi connectivity index (χ3n) is 3.60. The number of carbonyl (C=O) groups is 1. The average Bonchev–Trinajstić information content (AvgIpc) is 2.68. The molecule has 0 aliphatic rings. The van der Waals surface area contributed by atoms with Crippen LogP contribution in [-0.4, -0.2) is 46.1 Å². The molecule has 4 N–H and O–H groups in total. The van der Waals surface area contributed by atoms with Crippen molar-refractivity contribution in [2.75, 3.05) is 13.1 Å². The van der Waals surface area contributed by atoms with Gasteiger partial charge in [-0.05, 0) is 67.8 Å². The van der Waals surface area contributed by atoms with Gasteiger partial charge in [0.05, 0.1) is 22.0 Å². The van der Waals surface area contributed by atoms with E-state index in [1.807, 2.05) is 0 Å². The van der Waals surface area contributed by atoms with Crippen LogP contribution in [0.4, 0.5) is 0 Å². The minimum Gasteiger partial charge on any atom is -0.478 e. The second-order valence-corrected chi connectivity index (χ2v) is 11.1. The summed E-state index contributed by atoms with van der Waals surface area (Å²) < 4.78 is 52.3. The number of carboxylic acids is 1. The molecule has 0 aliphatic carbocycles. The minimum atomic E-state index is -3.66. The molecule has 0 radical (unpaired) electrons. The number of hydrogen-bond donors (Lipinski definition) is 4. The molecule has 2 rings (SSSR count). The number of nitrogens with one attached hydrogen (secondary N) is 2. The molecule has 0 saturated heterocycles. The molecule has 0 unspecified atom stereocenters. The fourth-order valence-corrected chi connectivity index (χ4v) is 6.31. The lowest BCUT2D eigenvalue weighted by Gasteiger charge is -2.08. The molecule has 188 valence electrons. The molecule has 9 nitrogen and oxygen atoms in total. The topological polar surface area (TPSA) is 150 Å². The molecule has 0 aromatic heterocycles. The van der Waals surface area contributed by atoms with Crippen LogP contribution < -0.4 is 9.44 Å². The van der Waals surface area contributed by atoms with Crippen molar-refractivity contribution in [3.63, 3.8) is 0 Å². The second-order valence-electron chi connectivity index (χ2n) is 5.88. The van der Waals surface area contributed by atoms with Gasteiger partial charge < -0.3 is 10.2 Å². The standard InChI is InChI=1S/C9H10BrNO4S.C9H12BrNO3S.2CH4/c1-2-11-16(14,15)8-5-6(9(12)13)3-4-7(8)10;1-2-11-15(13,14)9-5-7(6-12)3-4-8(9)10;;/h3-5,11H,2H2,1H3,(H,12,13);3-5,11-12H,2,6H2,1H3;2*1H4. The zero-order chi connectivity index (χ0) is 23.8. The summed E-state index contributed by atoms with van der Waals surface area (Å²) >= 11 is 6.24. The zero-order valence-electron chi connectivity index (χ0n) is 16.6. The molecular formula is C20H30Br2N2O7S2. The van der Waals surface area contributed by atoms with Crippen molar-refractivity contribution >= 4 is 57.9 Å². The van der Waals surface area contributed by atoms with Crippen LogP contribution in [0.25, 0.3) is 0 Å². The van der Waals surface area contributed by atoms with Crippen molar-refractivity contribution in [1.29, 1.82) is 0 Å². The van der Waals surface area contributed by atoms with Crippen molar-refractivity contribution in [2.45, 2.75) is 45.1 Å². The Labute approximate surface area is 213 Å². The number of sulfonamides is 2. The highest BCUT2D eigenvalue weighted by Gasteiger charge is 2.19. The summed E-state index contributed by atoms with van der Waals surface area (Å²) in [6.07, 6.45) is 0. The summed E-state index contributed by atoms with van der Waals surface area (Å²) in [7, 11) is -7.14. The van der Waals surface area contributed by atoms with Gasteiger partial charge in [0.2, 0.25) is 20.0 Å². The lowest BCUT2D eigenvalue weighted by molar-refractivity contribution is 0.0696. The summed E-state index contributed by atoms with van der Waals surface area (Å²) in [6.45, 7) is 3.75. The summed E-state index contributed by atoms with van der Waals surface area (Å²) in [4.78, 5) is 10.8. The van der Waals surface area contributed by atoms with Gasteiger partial charge >= 0.3 is 5.97 Å². The van der Waals surface area contributed by atoms with E-state index in [4.69, 9.17) is 10.2 Å². The Kier molecular flexibility index (Phi) is 15.2. The Bertz CT molecular complexity index is 1140. The number of carboxylic acid groups (broad SMARTS) is 1. The maximum atomic E-state index is 11.7. The number of aliphatic hydroxyl groups excluding tert-OH is 1. The van der Waals surface area contributed by atoms with Crippen LogP contribution in [0.2, 0.25) is 0 Å². The van der Waals surface area contributed by atoms with Crippen molar-refractivity contribution in [3.8, 4) is 0 Å². The highest BCUT2D eigenvalue weighted by molar-refractivity contribution is 9.10. The number of hydrogen-bond acceptors (Lipinski definition) is 6. The highest BCUT2D eigenvalue weighted by Crippen LogP contribution is 2.24. The molecule has 0 aliphatic heterocycles. The monoisotopic (exact) mass is 632 g/mol. The lowest BCUT2D eigenvalue weighted by Crippen LogP contribution is -2.23. The van der Waals surface area contributed by atoms with E-state index >= 15 is 0 Å². The zero-order valence-corrected chi connectivity index (χ0v) is 21.4. The molecule has 0 spiro atoms. The van der Waals surface area contributed by atoms with E-state index in [1.54, 1.807) is 26.0 Å². The van der Waals surface area contributed by atoms with Crippen LogP contribution in [0.5, 0.6) is 0 Å². The summed E-state index contributed by atoms with van der Waals surface area (Å²) in [5.41, 5.74) is 0.495. The third kappa shape index (κ3) is 9.81. The number of aromatic carboxylic acids is 1. The number of benzene rings is 2. The van der Waals surface area contributed by atoms with Crippen molar-refractivity contribution in [1.82, 2.24) is 9.44 Å². The Balaban J connectivity index is 0. The van der Waals surface area contributed by atoms with E-state index < -0.39 is 26.0 Å². The molecule has 2 aromatic rings.